The van der Waals surface area contributed by atoms with Crippen LogP contribution in [0.25, 0.3) is 10.9 Å². The Kier molecular flexibility index (Phi) is 6.27. The van der Waals surface area contributed by atoms with E-state index < -0.39 is 5.60 Å². The first-order valence-corrected chi connectivity index (χ1v) is 10.1. The predicted molar refractivity (Wildman–Crippen MR) is 111 cm³/mol. The van der Waals surface area contributed by atoms with Crippen LogP contribution in [-0.4, -0.2) is 59.0 Å². The normalized spacial score (nSPS) is 14.9. The van der Waals surface area contributed by atoms with Gasteiger partial charge < -0.3 is 14.4 Å². The highest BCUT2D eigenvalue weighted by Crippen LogP contribution is 2.25. The number of carbonyl (C=O) groups is 2. The molecule has 1 amide bonds. The maximum absolute atomic E-state index is 12.5. The largest absolute Gasteiger partial charge is 0.444 e. The van der Waals surface area contributed by atoms with Crippen molar-refractivity contribution in [1.29, 1.82) is 0 Å². The van der Waals surface area contributed by atoms with Crippen molar-refractivity contribution in [2.24, 2.45) is 5.92 Å². The minimum absolute atomic E-state index is 0.140. The zero-order valence-electron chi connectivity index (χ0n) is 18.0. The molecule has 1 aromatic carbocycles. The van der Waals surface area contributed by atoms with Gasteiger partial charge in [-0.3, -0.25) is 9.48 Å². The maximum atomic E-state index is 12.5. The standard InChI is InChI=1S/C22H31N3O4/c1-15-17(20(26)7-6-10-28-5)8-9-19-18(15)14-25(23-19)13-16-11-24(12-16)21(27)29-22(2,3)4/h8-9,14,16H,6-7,10-13H2,1-5H3. The molecule has 0 bridgehead atoms. The van der Waals surface area contributed by atoms with E-state index in [1.807, 2.05) is 50.7 Å². The molecule has 1 aromatic heterocycles. The van der Waals surface area contributed by atoms with E-state index >= 15 is 0 Å². The van der Waals surface area contributed by atoms with Gasteiger partial charge in [-0.05, 0) is 51.8 Å². The first kappa shape index (κ1) is 21.3. The molecule has 0 N–H and O–H groups in total. The molecule has 29 heavy (non-hydrogen) atoms. The van der Waals surface area contributed by atoms with Gasteiger partial charge in [0.2, 0.25) is 0 Å². The van der Waals surface area contributed by atoms with Gasteiger partial charge >= 0.3 is 6.09 Å². The molecule has 0 aliphatic carbocycles. The van der Waals surface area contributed by atoms with Gasteiger partial charge in [-0.25, -0.2) is 4.79 Å². The zero-order chi connectivity index (χ0) is 21.2. The minimum Gasteiger partial charge on any atom is -0.444 e. The van der Waals surface area contributed by atoms with Gasteiger partial charge in [0.05, 0.1) is 5.52 Å². The molecule has 1 fully saturated rings. The number of carbonyl (C=O) groups excluding carboxylic acids is 2. The molecular formula is C22H31N3O4. The van der Waals surface area contributed by atoms with Crippen LogP contribution in [0.15, 0.2) is 18.3 Å². The number of ketones is 1. The second-order valence-electron chi connectivity index (χ2n) is 8.79. The molecule has 2 aromatic rings. The lowest BCUT2D eigenvalue weighted by Gasteiger charge is -2.39. The molecule has 3 rings (SSSR count). The van der Waals surface area contributed by atoms with Gasteiger partial charge in [-0.2, -0.15) is 5.10 Å². The summed E-state index contributed by atoms with van der Waals surface area (Å²) < 4.78 is 12.4. The average molecular weight is 402 g/mol. The van der Waals surface area contributed by atoms with Crippen LogP contribution in [0.4, 0.5) is 4.79 Å². The Balaban J connectivity index is 1.62. The Bertz CT molecular complexity index is 891. The summed E-state index contributed by atoms with van der Waals surface area (Å²) in [7, 11) is 1.64. The fraction of sp³-hybridized carbons (Fsp3) is 0.591. The Morgan fingerprint density at radius 1 is 1.24 bits per heavy atom. The number of hydrogen-bond acceptors (Lipinski definition) is 5. The first-order valence-electron chi connectivity index (χ1n) is 10.1. The number of methoxy groups -OCH3 is 1. The van der Waals surface area contributed by atoms with Gasteiger partial charge in [0.1, 0.15) is 5.60 Å². The van der Waals surface area contributed by atoms with Crippen LogP contribution < -0.4 is 0 Å². The second kappa shape index (κ2) is 8.53. The molecule has 7 heteroatoms. The second-order valence-corrected chi connectivity index (χ2v) is 8.79. The molecular weight excluding hydrogens is 370 g/mol. The number of amides is 1. The lowest BCUT2D eigenvalue weighted by atomic mass is 9.99. The highest BCUT2D eigenvalue weighted by atomic mass is 16.6. The van der Waals surface area contributed by atoms with Crippen LogP contribution in [-0.2, 0) is 16.0 Å². The van der Waals surface area contributed by atoms with Crippen molar-refractivity contribution in [2.45, 2.75) is 52.7 Å². The van der Waals surface area contributed by atoms with Gasteiger partial charge in [0.15, 0.2) is 5.78 Å². The van der Waals surface area contributed by atoms with Crippen molar-refractivity contribution >= 4 is 22.8 Å². The number of ether oxygens (including phenoxy) is 2. The Labute approximate surface area is 171 Å². The Morgan fingerprint density at radius 3 is 2.62 bits per heavy atom. The van der Waals surface area contributed by atoms with Gasteiger partial charge in [-0.15, -0.1) is 0 Å². The number of rotatable bonds is 7. The van der Waals surface area contributed by atoms with Crippen LogP contribution in [0.5, 0.6) is 0 Å². The van der Waals surface area contributed by atoms with E-state index in [1.54, 1.807) is 12.0 Å². The zero-order valence-corrected chi connectivity index (χ0v) is 18.0. The quantitative estimate of drug-likeness (QED) is 0.521. The van der Waals surface area contributed by atoms with Crippen LogP contribution in [0.1, 0.15) is 49.5 Å². The minimum atomic E-state index is -0.474. The highest BCUT2D eigenvalue weighted by molar-refractivity contribution is 6.01. The van der Waals surface area contributed by atoms with Crippen LogP contribution >= 0.6 is 0 Å². The number of likely N-dealkylation sites (tertiary alicyclic amines) is 1. The molecule has 0 spiro atoms. The van der Waals surface area contributed by atoms with Crippen molar-refractivity contribution in [3.05, 3.63) is 29.5 Å². The molecule has 0 radical (unpaired) electrons. The molecule has 1 saturated heterocycles. The van der Waals surface area contributed by atoms with E-state index in [2.05, 4.69) is 5.10 Å². The summed E-state index contributed by atoms with van der Waals surface area (Å²) in [5, 5.41) is 5.66. The monoisotopic (exact) mass is 401 g/mol. The van der Waals surface area contributed by atoms with Crippen LogP contribution in [0.2, 0.25) is 0 Å². The summed E-state index contributed by atoms with van der Waals surface area (Å²) in [5.74, 6) is 0.494. The number of fused-ring (bicyclic) bond motifs is 1. The number of aromatic nitrogens is 2. The van der Waals surface area contributed by atoms with Crippen molar-refractivity contribution in [3.63, 3.8) is 0 Å². The van der Waals surface area contributed by atoms with Crippen molar-refractivity contribution < 1.29 is 19.1 Å². The average Bonchev–Trinajstić information content (AvgIpc) is 3.00. The summed E-state index contributed by atoms with van der Waals surface area (Å²) >= 11 is 0. The molecule has 1 aliphatic rings. The van der Waals surface area contributed by atoms with E-state index in [1.165, 1.54) is 0 Å². The molecule has 0 saturated carbocycles. The highest BCUT2D eigenvalue weighted by Gasteiger charge is 2.34. The third kappa shape index (κ3) is 5.15. The molecule has 158 valence electrons. The predicted octanol–water partition coefficient (Wildman–Crippen LogP) is 3.82. The lowest BCUT2D eigenvalue weighted by Crippen LogP contribution is -2.52. The van der Waals surface area contributed by atoms with Gasteiger partial charge in [0, 0.05) is 62.8 Å². The Hall–Kier alpha value is -2.41. The number of Topliss-reactive ketones (excluding diaryl/α,β-unsaturated/α-hetero) is 1. The van der Waals surface area contributed by atoms with Gasteiger partial charge in [-0.1, -0.05) is 0 Å². The maximum Gasteiger partial charge on any atom is 0.410 e. The topological polar surface area (TPSA) is 73.7 Å². The number of nitrogens with zero attached hydrogens (tertiary/aromatic N) is 3. The molecule has 2 heterocycles. The third-order valence-electron chi connectivity index (χ3n) is 5.11. The lowest BCUT2D eigenvalue weighted by molar-refractivity contribution is -0.00381. The summed E-state index contributed by atoms with van der Waals surface area (Å²) in [6.07, 6.45) is 2.96. The first-order chi connectivity index (χ1) is 13.7. The summed E-state index contributed by atoms with van der Waals surface area (Å²) in [6, 6.07) is 3.79. The van der Waals surface area contributed by atoms with Crippen LogP contribution in [0, 0.1) is 12.8 Å². The van der Waals surface area contributed by atoms with E-state index in [4.69, 9.17) is 9.47 Å². The number of hydrogen-bond donors (Lipinski definition) is 0. The van der Waals surface area contributed by atoms with Gasteiger partial charge in [0.25, 0.3) is 0 Å². The molecule has 1 aliphatic heterocycles. The molecule has 0 atom stereocenters. The fourth-order valence-corrected chi connectivity index (χ4v) is 3.61. The third-order valence-corrected chi connectivity index (χ3v) is 5.11. The van der Waals surface area contributed by atoms with E-state index in [9.17, 15) is 9.59 Å². The summed E-state index contributed by atoms with van der Waals surface area (Å²) in [6.45, 7) is 10.3. The van der Waals surface area contributed by atoms with E-state index in [-0.39, 0.29) is 11.9 Å². The number of aryl methyl sites for hydroxylation is 1. The number of benzene rings is 1. The van der Waals surface area contributed by atoms with Crippen molar-refractivity contribution in [1.82, 2.24) is 14.7 Å². The Morgan fingerprint density at radius 2 is 1.97 bits per heavy atom. The molecule has 7 nitrogen and oxygen atoms in total. The SMILES string of the molecule is COCCCC(=O)c1ccc2nn(CC3CN(C(=O)OC(C)(C)C)C3)cc2c1C. The summed E-state index contributed by atoms with van der Waals surface area (Å²) in [4.78, 5) is 26.3. The van der Waals surface area contributed by atoms with E-state index in [0.717, 1.165) is 35.0 Å². The smallest absolute Gasteiger partial charge is 0.410 e. The fourth-order valence-electron chi connectivity index (χ4n) is 3.61. The van der Waals surface area contributed by atoms with E-state index in [0.29, 0.717) is 32.0 Å². The van der Waals surface area contributed by atoms with Crippen molar-refractivity contribution in [3.8, 4) is 0 Å². The summed E-state index contributed by atoms with van der Waals surface area (Å²) in [5.41, 5.74) is 2.14. The van der Waals surface area contributed by atoms with Crippen LogP contribution in [0.3, 0.4) is 0 Å². The van der Waals surface area contributed by atoms with Crippen molar-refractivity contribution in [2.75, 3.05) is 26.8 Å². The molecule has 0 unspecified atom stereocenters.